The average Bonchev–Trinajstić information content (AvgIpc) is 2.19. The number of alkyl halides is 1. The van der Waals surface area contributed by atoms with Crippen LogP contribution in [-0.2, 0) is 4.84 Å². The Bertz CT molecular complexity index is 355. The number of hydrogen-bond donors (Lipinski definition) is 0. The van der Waals surface area contributed by atoms with Gasteiger partial charge < -0.3 is 4.84 Å². The molecule has 0 heterocycles. The molecule has 0 aliphatic heterocycles. The molecule has 2 nitrogen and oxygen atoms in total. The molecule has 14 heavy (non-hydrogen) atoms. The highest BCUT2D eigenvalue weighted by Gasteiger charge is 2.05. The second-order valence-corrected chi connectivity index (χ2v) is 3.86. The summed E-state index contributed by atoms with van der Waals surface area (Å²) in [5.74, 6) is 0. The van der Waals surface area contributed by atoms with Crippen LogP contribution in [0.1, 0.15) is 5.56 Å². The Morgan fingerprint density at radius 2 is 2.14 bits per heavy atom. The molecule has 1 aromatic rings. The van der Waals surface area contributed by atoms with Crippen LogP contribution in [0, 0.1) is 0 Å². The van der Waals surface area contributed by atoms with Crippen LogP contribution >= 0.6 is 39.1 Å². The van der Waals surface area contributed by atoms with Gasteiger partial charge in [0.1, 0.15) is 7.11 Å². The molecular formula is C9H8BrCl2NO. The molecular weight excluding hydrogens is 289 g/mol. The molecule has 0 amide bonds. The fourth-order valence-corrected chi connectivity index (χ4v) is 1.66. The second kappa shape index (κ2) is 5.59. The topological polar surface area (TPSA) is 21.6 Å². The quantitative estimate of drug-likeness (QED) is 0.473. The van der Waals surface area contributed by atoms with Crippen molar-refractivity contribution in [2.45, 2.75) is 0 Å². The molecule has 0 radical (unpaired) electrons. The molecule has 0 spiro atoms. The first kappa shape index (κ1) is 11.8. The molecule has 0 aliphatic carbocycles. The van der Waals surface area contributed by atoms with E-state index in [0.717, 1.165) is 11.3 Å². The van der Waals surface area contributed by atoms with Crippen LogP contribution in [0.2, 0.25) is 10.0 Å². The van der Waals surface area contributed by atoms with Gasteiger partial charge in [-0.2, -0.15) is 0 Å². The van der Waals surface area contributed by atoms with E-state index in [1.807, 2.05) is 6.07 Å². The fourth-order valence-electron chi connectivity index (χ4n) is 0.940. The maximum Gasteiger partial charge on any atom is 0.106 e. The van der Waals surface area contributed by atoms with Gasteiger partial charge in [0.2, 0.25) is 0 Å². The van der Waals surface area contributed by atoms with Gasteiger partial charge in [-0.05, 0) is 12.1 Å². The first-order valence-corrected chi connectivity index (χ1v) is 5.68. The molecule has 0 N–H and O–H groups in total. The number of halogens is 3. The molecule has 0 aliphatic rings. The van der Waals surface area contributed by atoms with Crippen molar-refractivity contribution in [1.82, 2.24) is 0 Å². The predicted molar refractivity (Wildman–Crippen MR) is 63.8 cm³/mol. The number of rotatable bonds is 3. The molecule has 1 rings (SSSR count). The maximum absolute atomic E-state index is 5.87. The van der Waals surface area contributed by atoms with Crippen LogP contribution < -0.4 is 0 Å². The molecule has 0 fully saturated rings. The summed E-state index contributed by atoms with van der Waals surface area (Å²) in [5, 5.41) is 5.49. The highest BCUT2D eigenvalue weighted by atomic mass is 79.9. The Labute approximate surface area is 101 Å². The molecule has 0 atom stereocenters. The molecule has 76 valence electrons. The summed E-state index contributed by atoms with van der Waals surface area (Å²) >= 11 is 15.0. The molecule has 0 aromatic heterocycles. The summed E-state index contributed by atoms with van der Waals surface area (Å²) in [7, 11) is 1.50. The van der Waals surface area contributed by atoms with Crippen LogP contribution in [0.15, 0.2) is 23.4 Å². The average molecular weight is 297 g/mol. The van der Waals surface area contributed by atoms with Crippen LogP contribution in [0.25, 0.3) is 0 Å². The highest BCUT2D eigenvalue weighted by molar-refractivity contribution is 9.09. The standard InChI is InChI=1S/C9H8BrCl2NO/c1-14-13-9(5-10)6-2-3-7(11)8(12)4-6/h2-4H,5H2,1H3. The Kier molecular flexibility index (Phi) is 4.72. The SMILES string of the molecule is CON=C(CBr)c1ccc(Cl)c(Cl)c1. The van der Waals surface area contributed by atoms with Crippen molar-refractivity contribution in [3.8, 4) is 0 Å². The summed E-state index contributed by atoms with van der Waals surface area (Å²) in [6, 6.07) is 5.32. The highest BCUT2D eigenvalue weighted by Crippen LogP contribution is 2.23. The predicted octanol–water partition coefficient (Wildman–Crippen LogP) is 3.74. The minimum Gasteiger partial charge on any atom is -0.399 e. The zero-order valence-corrected chi connectivity index (χ0v) is 10.5. The lowest BCUT2D eigenvalue weighted by Gasteiger charge is -2.03. The molecule has 0 saturated heterocycles. The van der Waals surface area contributed by atoms with E-state index in [0.29, 0.717) is 15.4 Å². The minimum atomic E-state index is 0.508. The third-order valence-electron chi connectivity index (χ3n) is 1.58. The van der Waals surface area contributed by atoms with Crippen LogP contribution in [0.3, 0.4) is 0 Å². The smallest absolute Gasteiger partial charge is 0.106 e. The maximum atomic E-state index is 5.87. The van der Waals surface area contributed by atoms with E-state index >= 15 is 0 Å². The summed E-state index contributed by atoms with van der Waals surface area (Å²) in [5.41, 5.74) is 1.66. The van der Waals surface area contributed by atoms with E-state index in [2.05, 4.69) is 21.1 Å². The molecule has 0 saturated carbocycles. The minimum absolute atomic E-state index is 0.508. The van der Waals surface area contributed by atoms with Crippen molar-refractivity contribution < 1.29 is 4.84 Å². The molecule has 1 aromatic carbocycles. The van der Waals surface area contributed by atoms with Gasteiger partial charge >= 0.3 is 0 Å². The second-order valence-electron chi connectivity index (χ2n) is 2.48. The zero-order valence-electron chi connectivity index (χ0n) is 7.43. The van der Waals surface area contributed by atoms with Crippen LogP contribution in [0.5, 0.6) is 0 Å². The molecule has 5 heteroatoms. The van der Waals surface area contributed by atoms with Crippen molar-refractivity contribution in [2.75, 3.05) is 12.4 Å². The largest absolute Gasteiger partial charge is 0.399 e. The van der Waals surface area contributed by atoms with E-state index in [1.165, 1.54) is 7.11 Å². The summed E-state index contributed by atoms with van der Waals surface area (Å²) in [6.07, 6.45) is 0. The Morgan fingerprint density at radius 3 is 2.64 bits per heavy atom. The summed E-state index contributed by atoms with van der Waals surface area (Å²) in [6.45, 7) is 0. The van der Waals surface area contributed by atoms with Crippen LogP contribution in [0.4, 0.5) is 0 Å². The van der Waals surface area contributed by atoms with Gasteiger partial charge in [-0.25, -0.2) is 0 Å². The van der Waals surface area contributed by atoms with Gasteiger partial charge in [0.05, 0.1) is 15.8 Å². The van der Waals surface area contributed by atoms with Crippen LogP contribution in [-0.4, -0.2) is 18.2 Å². The number of benzene rings is 1. The van der Waals surface area contributed by atoms with Gasteiger partial charge in [0.15, 0.2) is 0 Å². The van der Waals surface area contributed by atoms with Gasteiger partial charge in [-0.3, -0.25) is 0 Å². The first-order chi connectivity index (χ1) is 6.69. The lowest BCUT2D eigenvalue weighted by atomic mass is 10.1. The van der Waals surface area contributed by atoms with Crippen molar-refractivity contribution >= 4 is 44.8 Å². The first-order valence-electron chi connectivity index (χ1n) is 3.80. The van der Waals surface area contributed by atoms with E-state index in [4.69, 9.17) is 28.0 Å². The van der Waals surface area contributed by atoms with Gasteiger partial charge in [-0.15, -0.1) is 0 Å². The third-order valence-corrected chi connectivity index (χ3v) is 2.85. The fraction of sp³-hybridized carbons (Fsp3) is 0.222. The Balaban J connectivity index is 3.06. The molecule has 0 unspecified atom stereocenters. The van der Waals surface area contributed by atoms with Gasteiger partial charge in [0, 0.05) is 10.9 Å². The van der Waals surface area contributed by atoms with E-state index in [1.54, 1.807) is 12.1 Å². The van der Waals surface area contributed by atoms with Crippen molar-refractivity contribution in [3.05, 3.63) is 33.8 Å². The lowest BCUT2D eigenvalue weighted by molar-refractivity contribution is 0.213. The summed E-state index contributed by atoms with van der Waals surface area (Å²) < 4.78 is 0. The third kappa shape index (κ3) is 2.87. The van der Waals surface area contributed by atoms with E-state index in [9.17, 15) is 0 Å². The number of nitrogens with zero attached hydrogens (tertiary/aromatic N) is 1. The lowest BCUT2D eigenvalue weighted by Crippen LogP contribution is -2.02. The van der Waals surface area contributed by atoms with Gasteiger partial charge in [0.25, 0.3) is 0 Å². The number of oxime groups is 1. The van der Waals surface area contributed by atoms with Crippen molar-refractivity contribution in [3.63, 3.8) is 0 Å². The monoisotopic (exact) mass is 295 g/mol. The Morgan fingerprint density at radius 1 is 1.43 bits per heavy atom. The summed E-state index contributed by atoms with van der Waals surface area (Å²) in [4.78, 5) is 4.70. The zero-order chi connectivity index (χ0) is 10.6. The normalized spacial score (nSPS) is 11.6. The van der Waals surface area contributed by atoms with Crippen molar-refractivity contribution in [2.24, 2.45) is 5.16 Å². The van der Waals surface area contributed by atoms with Gasteiger partial charge in [-0.1, -0.05) is 50.4 Å². The number of hydrogen-bond acceptors (Lipinski definition) is 2. The van der Waals surface area contributed by atoms with E-state index in [-0.39, 0.29) is 0 Å². The van der Waals surface area contributed by atoms with E-state index < -0.39 is 0 Å². The molecule has 0 bridgehead atoms. The van der Waals surface area contributed by atoms with Crippen molar-refractivity contribution in [1.29, 1.82) is 0 Å². The Hall–Kier alpha value is -0.250.